The van der Waals surface area contributed by atoms with Crippen molar-refractivity contribution in [2.45, 2.75) is 257 Å². The van der Waals surface area contributed by atoms with Gasteiger partial charge in [0.05, 0.1) is 34.4 Å². The van der Waals surface area contributed by atoms with Crippen molar-refractivity contribution in [2.24, 2.45) is 0 Å². The lowest BCUT2D eigenvalue weighted by atomic mass is 10.0. The smallest absolute Gasteiger partial charge is 0.361 e. The van der Waals surface area contributed by atoms with Crippen molar-refractivity contribution in [2.75, 3.05) is 47.5 Å². The third kappa shape index (κ3) is 49.2. The summed E-state index contributed by atoms with van der Waals surface area (Å²) in [6.45, 7) is 4.77. The Morgan fingerprint density at radius 2 is 0.877 bits per heavy atom. The predicted octanol–water partition coefficient (Wildman–Crippen LogP) is 15.3. The number of aliphatic carboxylic acids is 1. The van der Waals surface area contributed by atoms with Crippen LogP contribution >= 0.6 is 0 Å². The van der Waals surface area contributed by atoms with Gasteiger partial charge in [0.25, 0.3) is 6.29 Å². The molecule has 380 valence electrons. The molecule has 0 spiro atoms. The SMILES string of the molecule is CC/C=C\C/C=C\C/C=C\CCCCCCCC(=O)OC(COC(=O)CCCCCCCCCCCCCCCCCCCCCCCCCCC)COC(OCC[N+](C)(C)C)C(=O)O. The highest BCUT2D eigenvalue weighted by Gasteiger charge is 2.25. The average Bonchev–Trinajstić information content (AvgIpc) is 3.27. The number of carbonyl (C=O) groups is 3. The van der Waals surface area contributed by atoms with Crippen LogP contribution in [0.25, 0.3) is 0 Å². The third-order valence-corrected chi connectivity index (χ3v) is 11.9. The largest absolute Gasteiger partial charge is 0.477 e. The lowest BCUT2D eigenvalue weighted by molar-refractivity contribution is -0.870. The highest BCUT2D eigenvalue weighted by Crippen LogP contribution is 2.17. The van der Waals surface area contributed by atoms with Gasteiger partial charge in [-0.3, -0.25) is 9.59 Å². The summed E-state index contributed by atoms with van der Waals surface area (Å²) in [6, 6.07) is 0. The molecule has 0 fully saturated rings. The highest BCUT2D eigenvalue weighted by atomic mass is 16.7. The van der Waals surface area contributed by atoms with Gasteiger partial charge >= 0.3 is 17.9 Å². The number of rotatable bonds is 50. The Labute approximate surface area is 400 Å². The summed E-state index contributed by atoms with van der Waals surface area (Å²) in [5.41, 5.74) is 0. The predicted molar refractivity (Wildman–Crippen MR) is 272 cm³/mol. The van der Waals surface area contributed by atoms with E-state index >= 15 is 0 Å². The molecule has 0 bridgehead atoms. The van der Waals surface area contributed by atoms with Crippen molar-refractivity contribution in [3.05, 3.63) is 36.5 Å². The summed E-state index contributed by atoms with van der Waals surface area (Å²) >= 11 is 0. The maximum absolute atomic E-state index is 12.8. The van der Waals surface area contributed by atoms with Crippen LogP contribution in [0.1, 0.15) is 245 Å². The van der Waals surface area contributed by atoms with Crippen molar-refractivity contribution in [3.8, 4) is 0 Å². The minimum absolute atomic E-state index is 0.185. The molecule has 65 heavy (non-hydrogen) atoms. The fourth-order valence-corrected chi connectivity index (χ4v) is 7.73. The van der Waals surface area contributed by atoms with Crippen molar-refractivity contribution >= 4 is 17.9 Å². The van der Waals surface area contributed by atoms with Crippen LogP contribution in [-0.2, 0) is 33.3 Å². The Morgan fingerprint density at radius 1 is 0.477 bits per heavy atom. The van der Waals surface area contributed by atoms with Crippen LogP contribution in [0, 0.1) is 0 Å². The number of esters is 2. The summed E-state index contributed by atoms with van der Waals surface area (Å²) < 4.78 is 22.8. The first kappa shape index (κ1) is 62.5. The number of likely N-dealkylation sites (N-methyl/N-ethyl adjacent to an activating group) is 1. The third-order valence-electron chi connectivity index (χ3n) is 11.9. The van der Waals surface area contributed by atoms with E-state index in [9.17, 15) is 19.5 Å². The van der Waals surface area contributed by atoms with Crippen LogP contribution in [0.2, 0.25) is 0 Å². The molecule has 0 aromatic carbocycles. The van der Waals surface area contributed by atoms with Crippen molar-refractivity contribution in [3.63, 3.8) is 0 Å². The zero-order valence-electron chi connectivity index (χ0n) is 43.2. The number of carbonyl (C=O) groups excluding carboxylic acids is 2. The van der Waals surface area contributed by atoms with Crippen molar-refractivity contribution in [1.29, 1.82) is 0 Å². The molecular weight excluding hydrogens is 815 g/mol. The quantitative estimate of drug-likeness (QED) is 0.0211. The first-order chi connectivity index (χ1) is 31.6. The van der Waals surface area contributed by atoms with E-state index in [1.165, 1.54) is 141 Å². The average molecular weight is 919 g/mol. The van der Waals surface area contributed by atoms with Crippen LogP contribution in [0.3, 0.4) is 0 Å². The normalized spacial score (nSPS) is 13.1. The molecule has 0 rings (SSSR count). The van der Waals surface area contributed by atoms with Gasteiger partial charge in [0, 0.05) is 12.8 Å². The Bertz CT molecular complexity index is 1160. The van der Waals surface area contributed by atoms with E-state index in [4.69, 9.17) is 18.9 Å². The molecule has 0 heterocycles. The number of nitrogens with zero attached hydrogens (tertiary/aromatic N) is 1. The van der Waals surface area contributed by atoms with E-state index < -0.39 is 24.3 Å². The van der Waals surface area contributed by atoms with Crippen molar-refractivity contribution < 1.29 is 42.9 Å². The Kier molecular flexibility index (Phi) is 46.1. The first-order valence-electron chi connectivity index (χ1n) is 27.2. The molecular formula is C56H104NO8+. The van der Waals surface area contributed by atoms with Gasteiger partial charge in [-0.1, -0.05) is 224 Å². The zero-order chi connectivity index (χ0) is 47.7. The number of hydrogen-bond donors (Lipinski definition) is 1. The van der Waals surface area contributed by atoms with E-state index in [-0.39, 0.29) is 32.2 Å². The van der Waals surface area contributed by atoms with E-state index in [1.807, 2.05) is 21.1 Å². The molecule has 0 aliphatic rings. The maximum atomic E-state index is 12.8. The van der Waals surface area contributed by atoms with E-state index in [0.29, 0.717) is 23.9 Å². The molecule has 0 aliphatic heterocycles. The van der Waals surface area contributed by atoms with E-state index in [0.717, 1.165) is 70.6 Å². The zero-order valence-corrected chi connectivity index (χ0v) is 43.2. The van der Waals surface area contributed by atoms with Crippen LogP contribution in [0.15, 0.2) is 36.5 Å². The van der Waals surface area contributed by atoms with Gasteiger partial charge in [-0.25, -0.2) is 4.79 Å². The molecule has 0 amide bonds. The van der Waals surface area contributed by atoms with Crippen LogP contribution in [0.4, 0.5) is 0 Å². The Hall–Kier alpha value is -2.49. The second kappa shape index (κ2) is 48.0. The van der Waals surface area contributed by atoms with Gasteiger partial charge < -0.3 is 28.5 Å². The monoisotopic (exact) mass is 919 g/mol. The van der Waals surface area contributed by atoms with Gasteiger partial charge in [-0.2, -0.15) is 0 Å². The topological polar surface area (TPSA) is 108 Å². The second-order valence-corrected chi connectivity index (χ2v) is 19.5. The molecule has 0 aromatic rings. The summed E-state index contributed by atoms with van der Waals surface area (Å²) in [5.74, 6) is -2.02. The van der Waals surface area contributed by atoms with Crippen LogP contribution in [-0.4, -0.2) is 87.4 Å². The Morgan fingerprint density at radius 3 is 1.31 bits per heavy atom. The molecule has 1 N–H and O–H groups in total. The van der Waals surface area contributed by atoms with E-state index in [2.05, 4.69) is 50.3 Å². The number of quaternary nitrogens is 1. The molecule has 0 saturated heterocycles. The van der Waals surface area contributed by atoms with Gasteiger partial charge in [0.1, 0.15) is 13.2 Å². The minimum atomic E-state index is -1.51. The fraction of sp³-hybridized carbons (Fsp3) is 0.839. The summed E-state index contributed by atoms with van der Waals surface area (Å²) in [5, 5.41) is 9.67. The number of ether oxygens (including phenoxy) is 4. The lowest BCUT2D eigenvalue weighted by Crippen LogP contribution is -2.40. The lowest BCUT2D eigenvalue weighted by Gasteiger charge is -2.25. The van der Waals surface area contributed by atoms with E-state index in [1.54, 1.807) is 0 Å². The molecule has 0 radical (unpaired) electrons. The molecule has 9 heteroatoms. The molecule has 0 aliphatic carbocycles. The summed E-state index contributed by atoms with van der Waals surface area (Å²) in [7, 11) is 5.96. The Balaban J connectivity index is 4.20. The number of unbranched alkanes of at least 4 members (excludes halogenated alkanes) is 29. The van der Waals surface area contributed by atoms with Crippen LogP contribution < -0.4 is 0 Å². The molecule has 9 nitrogen and oxygen atoms in total. The van der Waals surface area contributed by atoms with Crippen LogP contribution in [0.5, 0.6) is 0 Å². The molecule has 2 unspecified atom stereocenters. The van der Waals surface area contributed by atoms with Gasteiger partial charge in [0.2, 0.25) is 0 Å². The highest BCUT2D eigenvalue weighted by molar-refractivity contribution is 5.71. The summed E-state index contributed by atoms with van der Waals surface area (Å²) in [4.78, 5) is 37.3. The van der Waals surface area contributed by atoms with Gasteiger partial charge in [0.15, 0.2) is 6.10 Å². The summed E-state index contributed by atoms with van der Waals surface area (Å²) in [6.07, 6.45) is 53.7. The number of allylic oxidation sites excluding steroid dienone is 6. The molecule has 0 aromatic heterocycles. The molecule has 2 atom stereocenters. The number of hydrogen-bond acceptors (Lipinski definition) is 7. The maximum Gasteiger partial charge on any atom is 0.361 e. The number of carboxylic acid groups (broad SMARTS) is 1. The van der Waals surface area contributed by atoms with Crippen molar-refractivity contribution in [1.82, 2.24) is 0 Å². The standard InChI is InChI=1S/C56H103NO8/c1-6-8-10-12-14-16-18-20-22-23-24-25-26-27-28-29-30-31-33-34-36-38-40-42-44-46-53(58)63-50-52(51-64-56(55(60)61)62-49-48-57(3,4)5)65-54(59)47-45-43-41-39-37-35-32-21-19-17-15-13-11-9-7-2/h9,11,15,17,21,32,52,56H,6-8,10,12-14,16,18-20,22-31,33-51H2,1-5H3/p+1/b11-9-,17-15-,32-21-. The minimum Gasteiger partial charge on any atom is -0.477 e. The number of carboxylic acids is 1. The second-order valence-electron chi connectivity index (χ2n) is 19.5. The van der Waals surface area contributed by atoms with Gasteiger partial charge in [-0.05, 0) is 44.9 Å². The first-order valence-corrected chi connectivity index (χ1v) is 27.2. The van der Waals surface area contributed by atoms with Gasteiger partial charge in [-0.15, -0.1) is 0 Å². The molecule has 0 saturated carbocycles. The fourth-order valence-electron chi connectivity index (χ4n) is 7.73.